The third-order valence-electron chi connectivity index (χ3n) is 3.23. The number of rotatable bonds is 1. The minimum atomic E-state index is -4.34. The molecular formula is C15H11F3N2Se. The van der Waals surface area contributed by atoms with E-state index >= 15 is 0 Å². The van der Waals surface area contributed by atoms with E-state index in [1.54, 1.807) is 6.07 Å². The number of hydrogen-bond donors (Lipinski definition) is 1. The molecule has 0 atom stereocenters. The van der Waals surface area contributed by atoms with Crippen molar-refractivity contribution in [2.24, 2.45) is 0 Å². The number of benzene rings is 2. The number of nitrogen functional groups attached to an aromatic ring is 1. The number of nitrogens with two attached hydrogens (primary N) is 1. The van der Waals surface area contributed by atoms with E-state index in [2.05, 4.69) is 4.98 Å². The summed E-state index contributed by atoms with van der Waals surface area (Å²) in [5.41, 5.74) is 8.11. The number of aryl methyl sites for hydroxylation is 1. The van der Waals surface area contributed by atoms with Crippen LogP contribution in [0.15, 0.2) is 36.4 Å². The third kappa shape index (κ3) is 2.69. The van der Waals surface area contributed by atoms with Gasteiger partial charge < -0.3 is 0 Å². The number of aromatic nitrogens is 1. The molecule has 0 unspecified atom stereocenters. The molecule has 2 nitrogen and oxygen atoms in total. The van der Waals surface area contributed by atoms with Crippen molar-refractivity contribution in [1.29, 1.82) is 0 Å². The first-order valence-corrected chi connectivity index (χ1v) is 7.90. The molecule has 0 bridgehead atoms. The topological polar surface area (TPSA) is 38.9 Å². The Hall–Kier alpha value is -1.78. The first-order chi connectivity index (χ1) is 9.84. The summed E-state index contributed by atoms with van der Waals surface area (Å²) < 4.78 is 39.9. The van der Waals surface area contributed by atoms with Gasteiger partial charge in [0.05, 0.1) is 0 Å². The molecule has 2 N–H and O–H groups in total. The Morgan fingerprint density at radius 2 is 1.86 bits per heavy atom. The predicted octanol–water partition coefficient (Wildman–Crippen LogP) is 3.87. The molecule has 0 fully saturated rings. The van der Waals surface area contributed by atoms with Crippen LogP contribution in [0.3, 0.4) is 0 Å². The molecule has 0 spiro atoms. The van der Waals surface area contributed by atoms with Gasteiger partial charge in [-0.25, -0.2) is 0 Å². The van der Waals surface area contributed by atoms with Crippen molar-refractivity contribution in [3.8, 4) is 10.1 Å². The van der Waals surface area contributed by atoms with Crippen molar-refractivity contribution in [2.45, 2.75) is 13.1 Å². The number of anilines is 1. The number of halogens is 3. The Bertz CT molecular complexity index is 821. The van der Waals surface area contributed by atoms with Crippen LogP contribution in [0.4, 0.5) is 18.9 Å². The first kappa shape index (κ1) is 14.2. The van der Waals surface area contributed by atoms with Gasteiger partial charge in [0.2, 0.25) is 0 Å². The summed E-state index contributed by atoms with van der Waals surface area (Å²) in [5, 5.41) is 0. The van der Waals surface area contributed by atoms with Gasteiger partial charge in [-0.3, -0.25) is 0 Å². The number of nitrogens with zero attached hydrogens (tertiary/aromatic N) is 1. The molecule has 0 aliphatic carbocycles. The number of hydrogen-bond acceptors (Lipinski definition) is 2. The summed E-state index contributed by atoms with van der Waals surface area (Å²) in [6.45, 7) is 1.90. The normalized spacial score (nSPS) is 12.0. The summed E-state index contributed by atoms with van der Waals surface area (Å²) in [4.78, 5) is 4.37. The van der Waals surface area contributed by atoms with E-state index in [9.17, 15) is 13.2 Å². The Labute approximate surface area is 125 Å². The van der Waals surface area contributed by atoms with Gasteiger partial charge in [-0.2, -0.15) is 0 Å². The van der Waals surface area contributed by atoms with Crippen LogP contribution < -0.4 is 5.73 Å². The van der Waals surface area contributed by atoms with E-state index in [1.807, 2.05) is 19.1 Å². The number of fused-ring (bicyclic) bond motifs is 1. The van der Waals surface area contributed by atoms with Crippen LogP contribution in [0, 0.1) is 6.92 Å². The van der Waals surface area contributed by atoms with Gasteiger partial charge in [0, 0.05) is 0 Å². The van der Waals surface area contributed by atoms with Crippen LogP contribution in [-0.2, 0) is 6.18 Å². The van der Waals surface area contributed by atoms with Crippen LogP contribution in [-0.4, -0.2) is 19.5 Å². The second-order valence-corrected chi connectivity index (χ2v) is 6.93. The molecule has 1 heterocycles. The Morgan fingerprint density at radius 3 is 2.52 bits per heavy atom. The molecule has 3 aromatic rings. The Kier molecular flexibility index (Phi) is 3.30. The van der Waals surface area contributed by atoms with Crippen LogP contribution in [0.1, 0.15) is 11.1 Å². The molecule has 2 aromatic carbocycles. The van der Waals surface area contributed by atoms with Gasteiger partial charge in [0.15, 0.2) is 0 Å². The summed E-state index contributed by atoms with van der Waals surface area (Å²) in [6.07, 6.45) is -4.34. The molecule has 0 aliphatic rings. The van der Waals surface area contributed by atoms with Crippen molar-refractivity contribution < 1.29 is 13.2 Å². The van der Waals surface area contributed by atoms with E-state index < -0.39 is 11.7 Å². The Morgan fingerprint density at radius 1 is 1.10 bits per heavy atom. The van der Waals surface area contributed by atoms with E-state index in [1.165, 1.54) is 6.07 Å². The summed E-state index contributed by atoms with van der Waals surface area (Å²) in [5.74, 6) is 0. The quantitative estimate of drug-likeness (QED) is 0.532. The van der Waals surface area contributed by atoms with Crippen LogP contribution in [0.5, 0.6) is 0 Å². The molecule has 0 saturated heterocycles. The average molecular weight is 355 g/mol. The van der Waals surface area contributed by atoms with Gasteiger partial charge in [-0.05, 0) is 0 Å². The predicted molar refractivity (Wildman–Crippen MR) is 78.3 cm³/mol. The third-order valence-corrected chi connectivity index (χ3v) is 5.51. The fraction of sp³-hybridized carbons (Fsp3) is 0.133. The molecule has 1 aromatic heterocycles. The van der Waals surface area contributed by atoms with Gasteiger partial charge in [0.25, 0.3) is 0 Å². The average Bonchev–Trinajstić information content (AvgIpc) is 2.83. The molecule has 0 saturated carbocycles. The van der Waals surface area contributed by atoms with Gasteiger partial charge >= 0.3 is 125 Å². The van der Waals surface area contributed by atoms with Crippen LogP contribution >= 0.6 is 0 Å². The SMILES string of the molecule is Cc1cc(-c2nc3cc(C(F)(F)F)ccc3[se]2)ccc1N. The van der Waals surface area contributed by atoms with Gasteiger partial charge in [-0.15, -0.1) is 0 Å². The molecule has 3 rings (SSSR count). The summed E-state index contributed by atoms with van der Waals surface area (Å²) >= 11 is -0.0813. The number of alkyl halides is 3. The second-order valence-electron chi connectivity index (χ2n) is 4.77. The van der Waals surface area contributed by atoms with Crippen molar-refractivity contribution in [3.63, 3.8) is 0 Å². The fourth-order valence-electron chi connectivity index (χ4n) is 2.04. The van der Waals surface area contributed by atoms with Crippen LogP contribution in [0.25, 0.3) is 19.9 Å². The molecule has 6 heteroatoms. The fourth-order valence-corrected chi connectivity index (χ4v) is 4.01. The summed E-state index contributed by atoms with van der Waals surface area (Å²) in [6, 6.07) is 9.35. The second kappa shape index (κ2) is 4.90. The zero-order valence-electron chi connectivity index (χ0n) is 11.0. The monoisotopic (exact) mass is 356 g/mol. The molecule has 0 radical (unpaired) electrons. The van der Waals surface area contributed by atoms with E-state index in [0.29, 0.717) is 11.2 Å². The van der Waals surface area contributed by atoms with Crippen molar-refractivity contribution in [2.75, 3.05) is 5.73 Å². The van der Waals surface area contributed by atoms with Crippen molar-refractivity contribution in [3.05, 3.63) is 47.5 Å². The summed E-state index contributed by atoms with van der Waals surface area (Å²) in [7, 11) is 0. The molecule has 0 amide bonds. The van der Waals surface area contributed by atoms with Gasteiger partial charge in [-0.1, -0.05) is 0 Å². The van der Waals surface area contributed by atoms with E-state index in [0.717, 1.165) is 32.1 Å². The zero-order chi connectivity index (χ0) is 15.2. The van der Waals surface area contributed by atoms with Gasteiger partial charge in [0.1, 0.15) is 0 Å². The Balaban J connectivity index is 2.10. The zero-order valence-corrected chi connectivity index (χ0v) is 12.7. The standard InChI is InChI=1S/C15H11F3N2Se/c1-8-6-9(2-4-11(8)19)14-20-12-7-10(15(16,17)18)3-5-13(12)21-14/h2-7H,19H2,1H3. The van der Waals surface area contributed by atoms with E-state index in [-0.39, 0.29) is 14.5 Å². The molecule has 21 heavy (non-hydrogen) atoms. The maximum atomic E-state index is 12.7. The molecular weight excluding hydrogens is 344 g/mol. The molecule has 108 valence electrons. The van der Waals surface area contributed by atoms with E-state index in [4.69, 9.17) is 5.73 Å². The molecule has 0 aliphatic heterocycles. The van der Waals surface area contributed by atoms with Crippen molar-refractivity contribution in [1.82, 2.24) is 4.98 Å². The van der Waals surface area contributed by atoms with Crippen molar-refractivity contribution >= 4 is 30.0 Å². The van der Waals surface area contributed by atoms with Crippen LogP contribution in [0.2, 0.25) is 0 Å². The minimum absolute atomic E-state index is 0.0813. The first-order valence-electron chi connectivity index (χ1n) is 6.19. The maximum absolute atomic E-state index is 12.7.